The van der Waals surface area contributed by atoms with Crippen LogP contribution in [0.3, 0.4) is 0 Å². The van der Waals surface area contributed by atoms with Gasteiger partial charge in [-0.3, -0.25) is 0 Å². The number of ether oxygens (including phenoxy) is 1. The molecule has 1 aliphatic heterocycles. The first kappa shape index (κ1) is 14.1. The SMILES string of the molecule is CC1(CNCc2ccc(N)c(I)c2)CCOCC1. The zero-order valence-corrected chi connectivity index (χ0v) is 13.0. The molecule has 3 nitrogen and oxygen atoms in total. The maximum atomic E-state index is 5.81. The van der Waals surface area contributed by atoms with Gasteiger partial charge in [0.2, 0.25) is 0 Å². The summed E-state index contributed by atoms with van der Waals surface area (Å²) in [7, 11) is 0. The summed E-state index contributed by atoms with van der Waals surface area (Å²) in [4.78, 5) is 0. The van der Waals surface area contributed by atoms with Gasteiger partial charge in [-0.15, -0.1) is 0 Å². The lowest BCUT2D eigenvalue weighted by molar-refractivity contribution is 0.0240. The third-order valence-electron chi connectivity index (χ3n) is 3.65. The van der Waals surface area contributed by atoms with Crippen LogP contribution in [-0.4, -0.2) is 19.8 Å². The number of nitrogens with two attached hydrogens (primary N) is 1. The number of hydrogen-bond donors (Lipinski definition) is 2. The lowest BCUT2D eigenvalue weighted by atomic mass is 9.82. The largest absolute Gasteiger partial charge is 0.398 e. The van der Waals surface area contributed by atoms with Gasteiger partial charge in [0, 0.05) is 35.6 Å². The van der Waals surface area contributed by atoms with Crippen molar-refractivity contribution in [2.24, 2.45) is 5.41 Å². The Bertz CT molecular complexity index is 403. The van der Waals surface area contributed by atoms with Gasteiger partial charge in [0.1, 0.15) is 0 Å². The molecule has 1 aromatic rings. The number of nitrogen functional groups attached to an aromatic ring is 1. The smallest absolute Gasteiger partial charge is 0.0471 e. The molecule has 100 valence electrons. The molecule has 18 heavy (non-hydrogen) atoms. The average molecular weight is 360 g/mol. The van der Waals surface area contributed by atoms with Crippen LogP contribution in [-0.2, 0) is 11.3 Å². The minimum atomic E-state index is 0.388. The summed E-state index contributed by atoms with van der Waals surface area (Å²) in [6.45, 7) is 6.11. The van der Waals surface area contributed by atoms with Crippen molar-refractivity contribution in [3.05, 3.63) is 27.3 Å². The third kappa shape index (κ3) is 3.83. The third-order valence-corrected chi connectivity index (χ3v) is 4.58. The van der Waals surface area contributed by atoms with Crippen LogP contribution in [0.2, 0.25) is 0 Å². The Kier molecular flexibility index (Phi) is 4.86. The van der Waals surface area contributed by atoms with Crippen molar-refractivity contribution >= 4 is 28.3 Å². The van der Waals surface area contributed by atoms with E-state index in [1.54, 1.807) is 0 Å². The molecule has 0 aromatic heterocycles. The lowest BCUT2D eigenvalue weighted by Crippen LogP contribution is -2.36. The highest BCUT2D eigenvalue weighted by atomic mass is 127. The second kappa shape index (κ2) is 6.21. The van der Waals surface area contributed by atoms with Crippen molar-refractivity contribution in [2.45, 2.75) is 26.3 Å². The molecule has 0 unspecified atom stereocenters. The second-order valence-corrected chi connectivity index (χ2v) is 6.54. The molecule has 4 heteroatoms. The van der Waals surface area contributed by atoms with E-state index in [-0.39, 0.29) is 0 Å². The topological polar surface area (TPSA) is 47.3 Å². The van der Waals surface area contributed by atoms with Crippen LogP contribution in [0.15, 0.2) is 18.2 Å². The van der Waals surface area contributed by atoms with Crippen molar-refractivity contribution < 1.29 is 4.74 Å². The molecule has 0 aliphatic carbocycles. The van der Waals surface area contributed by atoms with Crippen molar-refractivity contribution in [1.29, 1.82) is 0 Å². The van der Waals surface area contributed by atoms with Gasteiger partial charge < -0.3 is 15.8 Å². The Labute approximate surface area is 123 Å². The van der Waals surface area contributed by atoms with Crippen molar-refractivity contribution in [3.63, 3.8) is 0 Å². The van der Waals surface area contributed by atoms with Crippen LogP contribution >= 0.6 is 22.6 Å². The summed E-state index contributed by atoms with van der Waals surface area (Å²) in [6, 6.07) is 6.22. The highest BCUT2D eigenvalue weighted by Crippen LogP contribution is 2.28. The number of halogens is 1. The summed E-state index contributed by atoms with van der Waals surface area (Å²) in [5.41, 5.74) is 8.35. The lowest BCUT2D eigenvalue weighted by Gasteiger charge is -2.33. The monoisotopic (exact) mass is 360 g/mol. The molecule has 2 rings (SSSR count). The quantitative estimate of drug-likeness (QED) is 0.641. The van der Waals surface area contributed by atoms with E-state index in [0.717, 1.165) is 48.4 Å². The van der Waals surface area contributed by atoms with Crippen molar-refractivity contribution in [2.75, 3.05) is 25.5 Å². The Balaban J connectivity index is 1.82. The molecule has 1 fully saturated rings. The number of rotatable bonds is 4. The predicted molar refractivity (Wildman–Crippen MR) is 83.4 cm³/mol. The fourth-order valence-corrected chi connectivity index (χ4v) is 2.81. The zero-order chi connectivity index (χ0) is 13.0. The van der Waals surface area contributed by atoms with E-state index in [2.05, 4.69) is 47.0 Å². The van der Waals surface area contributed by atoms with E-state index < -0.39 is 0 Å². The highest BCUT2D eigenvalue weighted by Gasteiger charge is 2.26. The molecule has 0 saturated carbocycles. The maximum absolute atomic E-state index is 5.81. The van der Waals surface area contributed by atoms with Crippen LogP contribution in [0.1, 0.15) is 25.3 Å². The number of nitrogens with one attached hydrogen (secondary N) is 1. The zero-order valence-electron chi connectivity index (χ0n) is 10.8. The molecule has 0 bridgehead atoms. The molecule has 1 aliphatic rings. The highest BCUT2D eigenvalue weighted by molar-refractivity contribution is 14.1. The van der Waals surface area contributed by atoms with Gasteiger partial charge in [-0.1, -0.05) is 13.0 Å². The summed E-state index contributed by atoms with van der Waals surface area (Å²) >= 11 is 2.28. The first-order chi connectivity index (χ1) is 8.59. The van der Waals surface area contributed by atoms with Gasteiger partial charge in [-0.25, -0.2) is 0 Å². The molecule has 0 radical (unpaired) electrons. The standard InChI is InChI=1S/C14H21IN2O/c1-14(4-6-18-7-5-14)10-17-9-11-2-3-13(16)12(15)8-11/h2-3,8,17H,4-7,9-10,16H2,1H3. The van der Waals surface area contributed by atoms with E-state index in [4.69, 9.17) is 10.5 Å². The summed E-state index contributed by atoms with van der Waals surface area (Å²) in [5.74, 6) is 0. The summed E-state index contributed by atoms with van der Waals surface area (Å²) < 4.78 is 6.54. The van der Waals surface area contributed by atoms with Crippen LogP contribution in [0.4, 0.5) is 5.69 Å². The fraction of sp³-hybridized carbons (Fsp3) is 0.571. The second-order valence-electron chi connectivity index (χ2n) is 5.38. The van der Waals surface area contributed by atoms with Crippen LogP contribution < -0.4 is 11.1 Å². The minimum Gasteiger partial charge on any atom is -0.398 e. The first-order valence-corrected chi connectivity index (χ1v) is 7.49. The van der Waals surface area contributed by atoms with Gasteiger partial charge in [-0.2, -0.15) is 0 Å². The minimum absolute atomic E-state index is 0.388. The van der Waals surface area contributed by atoms with Crippen molar-refractivity contribution in [3.8, 4) is 0 Å². The Hall–Kier alpha value is -0.330. The molecule has 3 N–H and O–H groups in total. The molecule has 1 heterocycles. The van der Waals surface area contributed by atoms with Gasteiger partial charge >= 0.3 is 0 Å². The van der Waals surface area contributed by atoms with E-state index in [9.17, 15) is 0 Å². The van der Waals surface area contributed by atoms with Crippen LogP contribution in [0.25, 0.3) is 0 Å². The van der Waals surface area contributed by atoms with Gasteiger partial charge in [-0.05, 0) is 58.5 Å². The molecule has 0 amide bonds. The van der Waals surface area contributed by atoms with Crippen molar-refractivity contribution in [1.82, 2.24) is 5.32 Å². The van der Waals surface area contributed by atoms with Gasteiger partial charge in [0.25, 0.3) is 0 Å². The van der Waals surface area contributed by atoms with E-state index in [1.165, 1.54) is 5.56 Å². The maximum Gasteiger partial charge on any atom is 0.0471 e. The Morgan fingerprint density at radius 3 is 2.78 bits per heavy atom. The molecule has 0 atom stereocenters. The number of benzene rings is 1. The van der Waals surface area contributed by atoms with Crippen LogP contribution in [0.5, 0.6) is 0 Å². The predicted octanol–water partition coefficient (Wildman–Crippen LogP) is 2.78. The van der Waals surface area contributed by atoms with Crippen LogP contribution in [0, 0.1) is 8.99 Å². The number of anilines is 1. The molecular formula is C14H21IN2O. The molecular weight excluding hydrogens is 339 g/mol. The summed E-state index contributed by atoms with van der Waals surface area (Å²) in [6.07, 6.45) is 2.30. The first-order valence-electron chi connectivity index (χ1n) is 6.41. The fourth-order valence-electron chi connectivity index (χ4n) is 2.23. The Morgan fingerprint density at radius 1 is 1.39 bits per heavy atom. The van der Waals surface area contributed by atoms with E-state index in [0.29, 0.717) is 5.41 Å². The molecule has 1 aromatic carbocycles. The molecule has 1 saturated heterocycles. The Morgan fingerprint density at radius 2 is 2.11 bits per heavy atom. The average Bonchev–Trinajstić information content (AvgIpc) is 2.34. The number of hydrogen-bond acceptors (Lipinski definition) is 3. The van der Waals surface area contributed by atoms with Gasteiger partial charge in [0.15, 0.2) is 0 Å². The summed E-state index contributed by atoms with van der Waals surface area (Å²) in [5, 5.41) is 3.56. The molecule has 0 spiro atoms. The van der Waals surface area contributed by atoms with Gasteiger partial charge in [0.05, 0.1) is 0 Å². The van der Waals surface area contributed by atoms with E-state index >= 15 is 0 Å². The normalized spacial score (nSPS) is 18.8. The van der Waals surface area contributed by atoms with E-state index in [1.807, 2.05) is 6.07 Å².